The molecule has 1 aromatic rings. The first-order valence-electron chi connectivity index (χ1n) is 6.04. The number of rotatable bonds is 6. The second kappa shape index (κ2) is 7.17. The summed E-state index contributed by atoms with van der Waals surface area (Å²) in [6, 6.07) is 1.88. The number of carbonyl (C=O) groups excluding carboxylic acids is 1. The molecule has 0 radical (unpaired) electrons. The lowest BCUT2D eigenvalue weighted by Crippen LogP contribution is -2.29. The lowest BCUT2D eigenvalue weighted by molar-refractivity contribution is 0.0745. The minimum absolute atomic E-state index is 0.00112. The number of hydrogen-bond acceptors (Lipinski definition) is 4. The number of carbonyl (C=O) groups is 1. The highest BCUT2D eigenvalue weighted by Gasteiger charge is 2.22. The second-order valence-electron chi connectivity index (χ2n) is 4.49. The van der Waals surface area contributed by atoms with E-state index in [1.807, 2.05) is 13.8 Å². The first-order valence-corrected chi connectivity index (χ1v) is 7.97. The van der Waals surface area contributed by atoms with Crippen molar-refractivity contribution >= 4 is 27.5 Å². The van der Waals surface area contributed by atoms with E-state index in [1.54, 1.807) is 0 Å². The molecule has 0 spiro atoms. The van der Waals surface area contributed by atoms with Crippen molar-refractivity contribution < 1.29 is 22.3 Å². The Morgan fingerprint density at radius 1 is 1.48 bits per heavy atom. The Balaban J connectivity index is 2.93. The molecule has 6 nitrogen and oxygen atoms in total. The Kier molecular flexibility index (Phi) is 6.09. The van der Waals surface area contributed by atoms with Crippen LogP contribution in [0.4, 0.5) is 4.39 Å². The zero-order valence-electron chi connectivity index (χ0n) is 11.5. The summed E-state index contributed by atoms with van der Waals surface area (Å²) in [4.78, 5) is 11.0. The van der Waals surface area contributed by atoms with Gasteiger partial charge in [-0.25, -0.2) is 17.9 Å². The summed E-state index contributed by atoms with van der Waals surface area (Å²) in [5, 5.41) is 7.17. The Morgan fingerprint density at radius 2 is 2.10 bits per heavy atom. The number of hydrogen-bond donors (Lipinski definition) is 2. The molecule has 0 saturated heterocycles. The molecule has 0 saturated carbocycles. The van der Waals surface area contributed by atoms with Gasteiger partial charge in [-0.2, -0.15) is 0 Å². The average Bonchev–Trinajstić information content (AvgIpc) is 2.35. The van der Waals surface area contributed by atoms with Crippen molar-refractivity contribution in [2.75, 3.05) is 13.2 Å². The summed E-state index contributed by atoms with van der Waals surface area (Å²) in [5.41, 5.74) is -0.490. The van der Waals surface area contributed by atoms with Crippen LogP contribution in [0.5, 0.6) is 0 Å². The highest BCUT2D eigenvalue weighted by molar-refractivity contribution is 7.89. The van der Waals surface area contributed by atoms with Crippen LogP contribution in [0.2, 0.25) is 5.02 Å². The smallest absolute Gasteiger partial charge is 0.254 e. The van der Waals surface area contributed by atoms with Gasteiger partial charge in [0.2, 0.25) is 10.0 Å². The normalized spacial score (nSPS) is 11.7. The quantitative estimate of drug-likeness (QED) is 0.763. The van der Waals surface area contributed by atoms with Crippen molar-refractivity contribution in [3.63, 3.8) is 0 Å². The lowest BCUT2D eigenvalue weighted by atomic mass is 10.2. The summed E-state index contributed by atoms with van der Waals surface area (Å²) < 4.78 is 41.7. The van der Waals surface area contributed by atoms with Crippen LogP contribution in [0, 0.1) is 5.82 Å². The van der Waals surface area contributed by atoms with Crippen molar-refractivity contribution in [2.24, 2.45) is 5.14 Å². The predicted molar refractivity (Wildman–Crippen MR) is 76.2 cm³/mol. The largest absolute Gasteiger partial charge is 0.377 e. The van der Waals surface area contributed by atoms with Crippen LogP contribution in [0.3, 0.4) is 0 Å². The van der Waals surface area contributed by atoms with E-state index in [0.29, 0.717) is 0 Å². The zero-order valence-corrected chi connectivity index (χ0v) is 13.1. The Hall–Kier alpha value is -1.22. The molecule has 9 heteroatoms. The molecule has 3 N–H and O–H groups in total. The molecular formula is C12H16ClFN2O4S. The van der Waals surface area contributed by atoms with Gasteiger partial charge in [0.05, 0.1) is 18.3 Å². The number of halogens is 2. The van der Waals surface area contributed by atoms with Crippen LogP contribution in [0.25, 0.3) is 0 Å². The minimum Gasteiger partial charge on any atom is -0.377 e. The Labute approximate surface area is 127 Å². The maximum absolute atomic E-state index is 14.0. The number of amides is 1. The Morgan fingerprint density at radius 3 is 2.62 bits per heavy atom. The fourth-order valence-corrected chi connectivity index (χ4v) is 2.42. The zero-order chi connectivity index (χ0) is 16.2. The second-order valence-corrected chi connectivity index (χ2v) is 6.45. The van der Waals surface area contributed by atoms with E-state index in [9.17, 15) is 17.6 Å². The maximum atomic E-state index is 14.0. The van der Waals surface area contributed by atoms with Crippen molar-refractivity contribution in [1.29, 1.82) is 0 Å². The van der Waals surface area contributed by atoms with Gasteiger partial charge in [-0.15, -0.1) is 0 Å². The van der Waals surface area contributed by atoms with E-state index < -0.39 is 32.2 Å². The highest BCUT2D eigenvalue weighted by atomic mass is 35.5. The summed E-state index contributed by atoms with van der Waals surface area (Å²) in [7, 11) is -4.31. The molecule has 1 rings (SSSR count). The van der Waals surface area contributed by atoms with Crippen LogP contribution in [0.1, 0.15) is 24.2 Å². The monoisotopic (exact) mass is 338 g/mol. The molecule has 0 heterocycles. The van der Waals surface area contributed by atoms with Crippen molar-refractivity contribution in [3.05, 3.63) is 28.5 Å². The first-order chi connectivity index (χ1) is 9.62. The summed E-state index contributed by atoms with van der Waals surface area (Å²) in [6.45, 7) is 4.05. The standard InChI is InChI=1S/C12H16ClFN2O4S/c1-7(2)20-4-3-16-12(17)9-5-8(13)6-10(11(9)14)21(15,18)19/h5-7H,3-4H2,1-2H3,(H,16,17)(H2,15,18,19). The molecule has 0 aliphatic heterocycles. The van der Waals surface area contributed by atoms with E-state index in [-0.39, 0.29) is 24.3 Å². The van der Waals surface area contributed by atoms with Gasteiger partial charge in [-0.3, -0.25) is 4.79 Å². The van der Waals surface area contributed by atoms with Gasteiger partial charge in [-0.05, 0) is 26.0 Å². The van der Waals surface area contributed by atoms with E-state index in [4.69, 9.17) is 21.5 Å². The van der Waals surface area contributed by atoms with Crippen molar-refractivity contribution in [1.82, 2.24) is 5.32 Å². The van der Waals surface area contributed by atoms with Gasteiger partial charge in [-0.1, -0.05) is 11.6 Å². The number of benzene rings is 1. The maximum Gasteiger partial charge on any atom is 0.254 e. The molecule has 0 aromatic heterocycles. The van der Waals surface area contributed by atoms with Gasteiger partial charge in [0, 0.05) is 11.6 Å². The number of primary sulfonamides is 1. The van der Waals surface area contributed by atoms with Crippen molar-refractivity contribution in [3.8, 4) is 0 Å². The van der Waals surface area contributed by atoms with E-state index in [0.717, 1.165) is 12.1 Å². The SMILES string of the molecule is CC(C)OCCNC(=O)c1cc(Cl)cc(S(N)(=O)=O)c1F. The number of nitrogens with one attached hydrogen (secondary N) is 1. The van der Waals surface area contributed by atoms with Gasteiger partial charge < -0.3 is 10.1 Å². The first kappa shape index (κ1) is 17.8. The number of ether oxygens (including phenoxy) is 1. The molecule has 21 heavy (non-hydrogen) atoms. The molecule has 1 aromatic carbocycles. The van der Waals surface area contributed by atoms with Gasteiger partial charge in [0.1, 0.15) is 4.90 Å². The highest BCUT2D eigenvalue weighted by Crippen LogP contribution is 2.22. The van der Waals surface area contributed by atoms with Crippen LogP contribution in [0.15, 0.2) is 17.0 Å². The van der Waals surface area contributed by atoms with Crippen LogP contribution >= 0.6 is 11.6 Å². The van der Waals surface area contributed by atoms with Crippen LogP contribution in [-0.4, -0.2) is 33.6 Å². The Bertz CT molecular complexity index is 634. The minimum atomic E-state index is -4.31. The molecule has 0 aliphatic rings. The average molecular weight is 339 g/mol. The topological polar surface area (TPSA) is 98.5 Å². The van der Waals surface area contributed by atoms with Gasteiger partial charge in [0.15, 0.2) is 5.82 Å². The molecule has 0 aliphatic carbocycles. The third-order valence-corrected chi connectivity index (χ3v) is 3.52. The predicted octanol–water partition coefficient (Wildman–Crippen LogP) is 1.28. The molecular weight excluding hydrogens is 323 g/mol. The fraction of sp³-hybridized carbons (Fsp3) is 0.417. The summed E-state index contributed by atoms with van der Waals surface area (Å²) >= 11 is 5.68. The molecule has 0 bridgehead atoms. The third kappa shape index (κ3) is 5.24. The molecule has 118 valence electrons. The third-order valence-electron chi connectivity index (χ3n) is 2.39. The van der Waals surface area contributed by atoms with Crippen LogP contribution in [-0.2, 0) is 14.8 Å². The summed E-state index contributed by atoms with van der Waals surface area (Å²) in [6.07, 6.45) is -0.00112. The molecule has 0 atom stereocenters. The van der Waals surface area contributed by atoms with Gasteiger partial charge >= 0.3 is 0 Å². The lowest BCUT2D eigenvalue weighted by Gasteiger charge is -2.10. The van der Waals surface area contributed by atoms with E-state index >= 15 is 0 Å². The van der Waals surface area contributed by atoms with Crippen LogP contribution < -0.4 is 10.5 Å². The number of nitrogens with two attached hydrogens (primary N) is 1. The van der Waals surface area contributed by atoms with E-state index in [1.165, 1.54) is 0 Å². The van der Waals surface area contributed by atoms with Gasteiger partial charge in [0.25, 0.3) is 5.91 Å². The fourth-order valence-electron chi connectivity index (χ4n) is 1.49. The number of sulfonamides is 1. The molecule has 0 unspecified atom stereocenters. The molecule has 0 fully saturated rings. The van der Waals surface area contributed by atoms with E-state index in [2.05, 4.69) is 5.32 Å². The van der Waals surface area contributed by atoms with Crippen molar-refractivity contribution in [2.45, 2.75) is 24.8 Å². The molecule has 1 amide bonds. The summed E-state index contributed by atoms with van der Waals surface area (Å²) in [5.74, 6) is -2.03.